The van der Waals surface area contributed by atoms with Gasteiger partial charge >= 0.3 is 0 Å². The smallest absolute Gasteiger partial charge is 0.230 e. The predicted molar refractivity (Wildman–Crippen MR) is 92.2 cm³/mol. The zero-order valence-electron chi connectivity index (χ0n) is 12.4. The maximum absolute atomic E-state index is 12.2. The topological polar surface area (TPSA) is 62.2 Å². The van der Waals surface area contributed by atoms with Gasteiger partial charge in [0.25, 0.3) is 0 Å². The quantitative estimate of drug-likeness (QED) is 0.778. The Hall–Kier alpha value is -1.37. The number of nitrogens with one attached hydrogen (secondary N) is 1. The van der Waals surface area contributed by atoms with Crippen molar-refractivity contribution >= 4 is 29.0 Å². The molecule has 0 saturated carbocycles. The molecule has 0 aliphatic heterocycles. The second kappa shape index (κ2) is 8.92. The van der Waals surface area contributed by atoms with Crippen LogP contribution in [0.2, 0.25) is 0 Å². The van der Waals surface area contributed by atoms with Crippen molar-refractivity contribution in [3.8, 4) is 0 Å². The van der Waals surface area contributed by atoms with Gasteiger partial charge in [0.15, 0.2) is 0 Å². The molecular formula is C16H20N2O2S2. The summed E-state index contributed by atoms with van der Waals surface area (Å²) in [5, 5.41) is 15.0. The molecule has 0 bridgehead atoms. The molecule has 2 rings (SSSR count). The zero-order chi connectivity index (χ0) is 15.8. The molecule has 1 aromatic heterocycles. The Morgan fingerprint density at radius 3 is 2.82 bits per heavy atom. The maximum atomic E-state index is 12.2. The van der Waals surface area contributed by atoms with Gasteiger partial charge in [0, 0.05) is 23.4 Å². The lowest BCUT2D eigenvalue weighted by molar-refractivity contribution is -0.119. The van der Waals surface area contributed by atoms with E-state index in [2.05, 4.69) is 10.3 Å². The summed E-state index contributed by atoms with van der Waals surface area (Å²) in [5.41, 5.74) is 1.03. The summed E-state index contributed by atoms with van der Waals surface area (Å²) in [6.07, 6.45) is 2.45. The Kier molecular flexibility index (Phi) is 6.89. The molecule has 1 amide bonds. The molecule has 0 unspecified atom stereocenters. The summed E-state index contributed by atoms with van der Waals surface area (Å²) >= 11 is 3.09. The highest BCUT2D eigenvalue weighted by Gasteiger charge is 2.19. The number of amides is 1. The first kappa shape index (κ1) is 17.0. The normalized spacial score (nSPS) is 13.5. The Balaban J connectivity index is 2.00. The number of nitrogens with zero attached hydrogens (tertiary/aromatic N) is 1. The van der Waals surface area contributed by atoms with Crippen molar-refractivity contribution in [1.29, 1.82) is 0 Å². The molecule has 0 spiro atoms. The number of benzene rings is 1. The summed E-state index contributed by atoms with van der Waals surface area (Å²) in [4.78, 5) is 16.5. The minimum Gasteiger partial charge on any atom is -0.396 e. The van der Waals surface area contributed by atoms with Crippen LogP contribution >= 0.6 is 23.1 Å². The summed E-state index contributed by atoms with van der Waals surface area (Å²) < 4.78 is 0. The number of thioether (sulfide) groups is 1. The average Bonchev–Trinajstić information content (AvgIpc) is 3.06. The highest BCUT2D eigenvalue weighted by Crippen LogP contribution is 2.24. The molecule has 0 radical (unpaired) electrons. The van der Waals surface area contributed by atoms with Gasteiger partial charge in [-0.25, -0.2) is 4.98 Å². The van der Waals surface area contributed by atoms with Gasteiger partial charge in [0.2, 0.25) is 5.91 Å². The lowest BCUT2D eigenvalue weighted by Crippen LogP contribution is -2.31. The van der Waals surface area contributed by atoms with E-state index in [9.17, 15) is 4.79 Å². The lowest BCUT2D eigenvalue weighted by Gasteiger charge is -2.17. The van der Waals surface area contributed by atoms with Gasteiger partial charge in [-0.15, -0.1) is 23.1 Å². The number of aliphatic hydroxyl groups excluding tert-OH is 1. The summed E-state index contributed by atoms with van der Waals surface area (Å²) in [7, 11) is 0. The first-order valence-corrected chi connectivity index (χ1v) is 9.09. The number of thiazole rings is 1. The average molecular weight is 336 g/mol. The minimum absolute atomic E-state index is 0.0150. The first-order chi connectivity index (χ1) is 10.7. The third kappa shape index (κ3) is 5.12. The van der Waals surface area contributed by atoms with Gasteiger partial charge in [0.05, 0.1) is 5.75 Å². The van der Waals surface area contributed by atoms with Crippen LogP contribution in [0.1, 0.15) is 30.0 Å². The maximum Gasteiger partial charge on any atom is 0.230 e. The lowest BCUT2D eigenvalue weighted by atomic mass is 10.1. The Morgan fingerprint density at radius 2 is 2.18 bits per heavy atom. The van der Waals surface area contributed by atoms with Crippen LogP contribution in [0, 0.1) is 0 Å². The van der Waals surface area contributed by atoms with Gasteiger partial charge in [-0.05, 0) is 12.0 Å². The van der Waals surface area contributed by atoms with Crippen LogP contribution in [0.4, 0.5) is 0 Å². The van der Waals surface area contributed by atoms with Crippen LogP contribution in [0.5, 0.6) is 0 Å². The summed E-state index contributed by atoms with van der Waals surface area (Å²) in [6.45, 7) is 2.17. The van der Waals surface area contributed by atoms with E-state index in [1.54, 1.807) is 18.0 Å². The number of hydrogen-bond donors (Lipinski definition) is 2. The summed E-state index contributed by atoms with van der Waals surface area (Å²) in [6, 6.07) is 9.65. The molecule has 6 heteroatoms. The van der Waals surface area contributed by atoms with Crippen LogP contribution in [0.15, 0.2) is 41.9 Å². The highest BCUT2D eigenvalue weighted by atomic mass is 32.2. The minimum atomic E-state index is -0.206. The predicted octanol–water partition coefficient (Wildman–Crippen LogP) is 2.85. The van der Waals surface area contributed by atoms with Crippen molar-refractivity contribution in [2.24, 2.45) is 0 Å². The Labute approximate surface area is 139 Å². The molecule has 1 heterocycles. The molecule has 2 atom stereocenters. The number of hydrogen-bond acceptors (Lipinski definition) is 5. The SMILES string of the molecule is C[C@H](CCO)SCC(=O)N[C@@H](c1ccccc1)c1nccs1. The van der Waals surface area contributed by atoms with E-state index in [0.29, 0.717) is 12.2 Å². The molecule has 0 aliphatic carbocycles. The molecule has 118 valence electrons. The molecule has 0 fully saturated rings. The molecule has 1 aromatic carbocycles. The molecule has 4 nitrogen and oxygen atoms in total. The third-order valence-corrected chi connectivity index (χ3v) is 5.25. The fourth-order valence-corrected chi connectivity index (χ4v) is 3.50. The number of carbonyl (C=O) groups is 1. The van der Waals surface area contributed by atoms with Crippen LogP contribution < -0.4 is 5.32 Å². The fraction of sp³-hybridized carbons (Fsp3) is 0.375. The monoisotopic (exact) mass is 336 g/mol. The van der Waals surface area contributed by atoms with Crippen molar-refractivity contribution in [3.63, 3.8) is 0 Å². The van der Waals surface area contributed by atoms with Crippen LogP contribution in [-0.2, 0) is 4.79 Å². The van der Waals surface area contributed by atoms with Gasteiger partial charge in [-0.2, -0.15) is 0 Å². The van der Waals surface area contributed by atoms with Crippen LogP contribution in [0.3, 0.4) is 0 Å². The van der Waals surface area contributed by atoms with Crippen LogP contribution in [-0.4, -0.2) is 33.6 Å². The van der Waals surface area contributed by atoms with E-state index in [4.69, 9.17) is 5.11 Å². The fourth-order valence-electron chi connectivity index (χ4n) is 2.00. The molecule has 2 aromatic rings. The van der Waals surface area contributed by atoms with Gasteiger partial charge in [-0.3, -0.25) is 4.79 Å². The van der Waals surface area contributed by atoms with Crippen molar-refractivity contribution in [3.05, 3.63) is 52.5 Å². The number of aromatic nitrogens is 1. The molecule has 0 aliphatic rings. The third-order valence-electron chi connectivity index (χ3n) is 3.17. The first-order valence-electron chi connectivity index (χ1n) is 7.17. The molecule has 0 saturated heterocycles. The Morgan fingerprint density at radius 1 is 1.41 bits per heavy atom. The van der Waals surface area contributed by atoms with Crippen LogP contribution in [0.25, 0.3) is 0 Å². The van der Waals surface area contributed by atoms with E-state index in [-0.39, 0.29) is 23.8 Å². The van der Waals surface area contributed by atoms with E-state index < -0.39 is 0 Å². The molecular weight excluding hydrogens is 316 g/mol. The largest absolute Gasteiger partial charge is 0.396 e. The Bertz CT molecular complexity index is 561. The zero-order valence-corrected chi connectivity index (χ0v) is 14.1. The van der Waals surface area contributed by atoms with Crippen molar-refractivity contribution in [2.75, 3.05) is 12.4 Å². The number of carbonyl (C=O) groups excluding carboxylic acids is 1. The summed E-state index contributed by atoms with van der Waals surface area (Å²) in [5.74, 6) is 0.370. The second-order valence-corrected chi connectivity index (χ2v) is 7.27. The van der Waals surface area contributed by atoms with Crippen molar-refractivity contribution in [2.45, 2.75) is 24.6 Å². The van der Waals surface area contributed by atoms with Crippen molar-refractivity contribution < 1.29 is 9.90 Å². The van der Waals surface area contributed by atoms with Gasteiger partial charge in [-0.1, -0.05) is 37.3 Å². The number of rotatable bonds is 8. The van der Waals surface area contributed by atoms with E-state index in [0.717, 1.165) is 10.6 Å². The number of aliphatic hydroxyl groups is 1. The van der Waals surface area contributed by atoms with Gasteiger partial charge < -0.3 is 10.4 Å². The van der Waals surface area contributed by atoms with E-state index >= 15 is 0 Å². The molecule has 22 heavy (non-hydrogen) atoms. The van der Waals surface area contributed by atoms with E-state index in [1.807, 2.05) is 42.6 Å². The van der Waals surface area contributed by atoms with Crippen molar-refractivity contribution in [1.82, 2.24) is 10.3 Å². The standard InChI is InChI=1S/C16H20N2O2S2/c1-12(7-9-19)22-11-14(20)18-15(16-17-8-10-21-16)13-5-3-2-4-6-13/h2-6,8,10,12,15,19H,7,9,11H2,1H3,(H,18,20)/t12-,15+/m1/s1. The molecule has 2 N–H and O–H groups in total. The van der Waals surface area contributed by atoms with Gasteiger partial charge in [0.1, 0.15) is 11.0 Å². The second-order valence-electron chi connectivity index (χ2n) is 4.92. The van der Waals surface area contributed by atoms with E-state index in [1.165, 1.54) is 11.3 Å². The highest BCUT2D eigenvalue weighted by molar-refractivity contribution is 8.00.